The smallest absolute Gasteiger partial charge is 0.550 e. The topological polar surface area (TPSA) is 141 Å². The molecule has 0 saturated carbocycles. The van der Waals surface area contributed by atoms with Crippen molar-refractivity contribution in [2.75, 3.05) is 27.7 Å². The van der Waals surface area contributed by atoms with Crippen molar-refractivity contribution in [3.63, 3.8) is 0 Å². The van der Waals surface area contributed by atoms with Crippen molar-refractivity contribution in [1.82, 2.24) is 0 Å². The molecule has 0 saturated heterocycles. The van der Waals surface area contributed by atoms with Crippen LogP contribution in [-0.2, 0) is 33.9 Å². The number of nitrogens with zero attached hydrogens (tertiary/aromatic N) is 1. The third kappa shape index (κ3) is 25.5. The minimum absolute atomic E-state index is 0. The van der Waals surface area contributed by atoms with Gasteiger partial charge in [-0.15, -0.1) is 0 Å². The molecule has 110 valence electrons. The predicted molar refractivity (Wildman–Crippen MR) is 57.7 cm³/mol. The van der Waals surface area contributed by atoms with Gasteiger partial charge in [-0.1, -0.05) is 0 Å². The minimum Gasteiger partial charge on any atom is -0.550 e. The largest absolute Gasteiger partial charge is 2.00 e. The minimum atomic E-state index is -1.55. The molecule has 0 amide bonds. The van der Waals surface area contributed by atoms with E-state index in [1.54, 1.807) is 0 Å². The number of aliphatic hydroxyl groups excluding tert-OH is 1. The summed E-state index contributed by atoms with van der Waals surface area (Å²) in [6.07, 6.45) is -0.319. The van der Waals surface area contributed by atoms with Crippen LogP contribution in [0.5, 0.6) is 0 Å². The molecule has 0 fully saturated rings. The van der Waals surface area contributed by atoms with Crippen LogP contribution in [0, 0.1) is 0 Å². The Morgan fingerprint density at radius 3 is 1.60 bits per heavy atom. The number of hydrogen-bond donors (Lipinski definition) is 1. The van der Waals surface area contributed by atoms with Crippen LogP contribution in [0.2, 0.25) is 0 Å². The molecule has 1 unspecified atom stereocenters. The molecule has 0 aliphatic carbocycles. The molecule has 1 atom stereocenters. The van der Waals surface area contributed by atoms with Gasteiger partial charge in [-0.05, 0) is 12.2 Å². The van der Waals surface area contributed by atoms with Crippen molar-refractivity contribution in [3.05, 3.63) is 12.2 Å². The van der Waals surface area contributed by atoms with E-state index in [4.69, 9.17) is 5.11 Å². The van der Waals surface area contributed by atoms with Gasteiger partial charge in [0, 0.05) is 12.4 Å². The predicted octanol–water partition coefficient (Wildman–Crippen LogP) is -4.77. The second kappa shape index (κ2) is 11.5. The Bertz CT molecular complexity index is 333. The molecular weight excluding hydrogens is 324 g/mol. The van der Waals surface area contributed by atoms with Crippen LogP contribution >= 0.6 is 0 Å². The van der Waals surface area contributed by atoms with E-state index in [0.717, 1.165) is 0 Å². The summed E-state index contributed by atoms with van der Waals surface area (Å²) in [7, 11) is 5.66. The molecule has 8 nitrogen and oxygen atoms in total. The number of aliphatic hydroxyl groups is 1. The molecule has 0 aromatic heterocycles. The standard InChI is InChI=1S/C7H15NO3.C4H4O4.Zn/c1-8(2,3)5-6(9)4-7(10)11;5-3(6)1-2-4(7)8;/h6,9H,4-5H2,1-3H3;1-2H,(H,5,6)(H,7,8);/q;;+2/p-2. The van der Waals surface area contributed by atoms with Gasteiger partial charge in [0.15, 0.2) is 0 Å². The summed E-state index contributed by atoms with van der Waals surface area (Å²) >= 11 is 0. The molecule has 0 radical (unpaired) electrons. The van der Waals surface area contributed by atoms with Gasteiger partial charge in [0.2, 0.25) is 0 Å². The van der Waals surface area contributed by atoms with Gasteiger partial charge in [-0.25, -0.2) is 0 Å². The molecule has 0 heterocycles. The van der Waals surface area contributed by atoms with E-state index in [-0.39, 0.29) is 25.9 Å². The second-order valence-electron chi connectivity index (χ2n) is 4.67. The quantitative estimate of drug-likeness (QED) is 0.291. The van der Waals surface area contributed by atoms with Crippen molar-refractivity contribution < 1.29 is 58.8 Å². The number of carboxylic acid groups (broad SMARTS) is 3. The summed E-state index contributed by atoms with van der Waals surface area (Å²) in [5.74, 6) is -4.30. The maximum absolute atomic E-state index is 10.0. The maximum atomic E-state index is 10.0. The van der Waals surface area contributed by atoms with Gasteiger partial charge >= 0.3 is 19.5 Å². The summed E-state index contributed by atoms with van der Waals surface area (Å²) < 4.78 is 0.550. The first-order valence-electron chi connectivity index (χ1n) is 5.22. The van der Waals surface area contributed by atoms with E-state index >= 15 is 0 Å². The molecule has 0 aliphatic rings. The number of rotatable bonds is 6. The monoisotopic (exact) mass is 339 g/mol. The number of hydrogen-bond acceptors (Lipinski definition) is 7. The Morgan fingerprint density at radius 2 is 1.40 bits per heavy atom. The van der Waals surface area contributed by atoms with E-state index in [0.29, 0.717) is 23.2 Å². The first-order valence-corrected chi connectivity index (χ1v) is 5.22. The molecule has 0 rings (SSSR count). The molecule has 0 spiro atoms. The van der Waals surface area contributed by atoms with Gasteiger partial charge < -0.3 is 39.3 Å². The Hall–Kier alpha value is -1.31. The molecule has 1 N–H and O–H groups in total. The van der Waals surface area contributed by atoms with Gasteiger partial charge in [-0.2, -0.15) is 0 Å². The number of likely N-dealkylation sites (N-methyl/N-ethyl adjacent to an activating group) is 1. The van der Waals surface area contributed by atoms with Crippen LogP contribution in [-0.4, -0.2) is 61.3 Å². The van der Waals surface area contributed by atoms with Gasteiger partial charge in [0.1, 0.15) is 12.6 Å². The first kappa shape index (κ1) is 23.8. The Balaban J connectivity index is -0.000000288. The van der Waals surface area contributed by atoms with Crippen LogP contribution in [0.15, 0.2) is 12.2 Å². The molecule has 0 aromatic carbocycles. The second-order valence-corrected chi connectivity index (χ2v) is 4.67. The average molecular weight is 341 g/mol. The third-order valence-electron chi connectivity index (χ3n) is 1.52. The molecular formula is C11H17NO7Zn. The fraction of sp³-hybridized carbons (Fsp3) is 0.545. The molecule has 0 bridgehead atoms. The SMILES string of the molecule is C[N+](C)(C)CC(O)CC(=O)[O-].O=C([O-])C=CC(=O)[O-].[Zn+2]. The van der Waals surface area contributed by atoms with Crippen molar-refractivity contribution in [3.8, 4) is 0 Å². The zero-order chi connectivity index (χ0) is 15.6. The van der Waals surface area contributed by atoms with E-state index in [9.17, 15) is 29.7 Å². The Kier molecular flexibility index (Phi) is 13.7. The fourth-order valence-electron chi connectivity index (χ4n) is 1.03. The van der Waals surface area contributed by atoms with E-state index in [1.807, 2.05) is 21.1 Å². The summed E-state index contributed by atoms with van der Waals surface area (Å²) in [4.78, 5) is 28.8. The van der Waals surface area contributed by atoms with Crippen LogP contribution in [0.4, 0.5) is 0 Å². The normalized spacial score (nSPS) is 11.8. The third-order valence-corrected chi connectivity index (χ3v) is 1.52. The Morgan fingerprint density at radius 1 is 1.05 bits per heavy atom. The van der Waals surface area contributed by atoms with E-state index in [2.05, 4.69) is 0 Å². The zero-order valence-corrected chi connectivity index (χ0v) is 14.7. The van der Waals surface area contributed by atoms with Gasteiger partial charge in [-0.3, -0.25) is 0 Å². The zero-order valence-electron chi connectivity index (χ0n) is 11.7. The molecule has 9 heteroatoms. The van der Waals surface area contributed by atoms with Gasteiger partial charge in [0.05, 0.1) is 33.1 Å². The first-order chi connectivity index (χ1) is 8.44. The number of aliphatic carboxylic acids is 3. The van der Waals surface area contributed by atoms with Crippen molar-refractivity contribution >= 4 is 17.9 Å². The number of carbonyl (C=O) groups excluding carboxylic acids is 3. The summed E-state index contributed by atoms with van der Waals surface area (Å²) in [5.41, 5.74) is 0. The fourth-order valence-corrected chi connectivity index (χ4v) is 1.03. The number of quaternary nitrogens is 1. The molecule has 0 aliphatic heterocycles. The van der Waals surface area contributed by atoms with Crippen LogP contribution in [0.25, 0.3) is 0 Å². The summed E-state index contributed by atoms with van der Waals surface area (Å²) in [6.45, 7) is 0.425. The summed E-state index contributed by atoms with van der Waals surface area (Å²) in [5, 5.41) is 38.0. The van der Waals surface area contributed by atoms with Crippen LogP contribution in [0.1, 0.15) is 6.42 Å². The van der Waals surface area contributed by atoms with E-state index in [1.165, 1.54) is 0 Å². The Labute approximate surface area is 129 Å². The van der Waals surface area contributed by atoms with Crippen molar-refractivity contribution in [2.24, 2.45) is 0 Å². The van der Waals surface area contributed by atoms with Crippen LogP contribution < -0.4 is 15.3 Å². The molecule has 0 aromatic rings. The van der Waals surface area contributed by atoms with Crippen LogP contribution in [0.3, 0.4) is 0 Å². The summed E-state index contributed by atoms with van der Waals surface area (Å²) in [6, 6.07) is 0. The number of carbonyl (C=O) groups is 3. The van der Waals surface area contributed by atoms with E-state index < -0.39 is 24.0 Å². The van der Waals surface area contributed by atoms with Crippen molar-refractivity contribution in [1.29, 1.82) is 0 Å². The average Bonchev–Trinajstić information content (AvgIpc) is 2.10. The van der Waals surface area contributed by atoms with Gasteiger partial charge in [0.25, 0.3) is 0 Å². The maximum Gasteiger partial charge on any atom is 2.00 e. The molecule has 20 heavy (non-hydrogen) atoms. The van der Waals surface area contributed by atoms with Crippen molar-refractivity contribution in [2.45, 2.75) is 12.5 Å². The number of carboxylic acids is 3.